The van der Waals surface area contributed by atoms with Gasteiger partial charge in [0, 0.05) is 6.54 Å². The van der Waals surface area contributed by atoms with Crippen molar-refractivity contribution in [3.8, 4) is 0 Å². The quantitative estimate of drug-likeness (QED) is 0.450. The van der Waals surface area contributed by atoms with Crippen molar-refractivity contribution >= 4 is 15.9 Å². The van der Waals surface area contributed by atoms with E-state index in [9.17, 15) is 26.4 Å². The fourth-order valence-corrected chi connectivity index (χ4v) is 6.53. The van der Waals surface area contributed by atoms with E-state index in [0.29, 0.717) is 30.4 Å². The lowest BCUT2D eigenvalue weighted by atomic mass is 9.76. The molecule has 202 valence electrons. The third-order valence-corrected chi connectivity index (χ3v) is 9.31. The van der Waals surface area contributed by atoms with Gasteiger partial charge in [-0.25, -0.2) is 8.42 Å². The minimum absolute atomic E-state index is 0.0520. The molecular formula is C26H32F3N3O4S. The summed E-state index contributed by atoms with van der Waals surface area (Å²) in [5, 5.41) is 2.81. The van der Waals surface area contributed by atoms with E-state index < -0.39 is 50.1 Å². The van der Waals surface area contributed by atoms with Crippen LogP contribution in [0.3, 0.4) is 0 Å². The Hall–Kier alpha value is -2.47. The van der Waals surface area contributed by atoms with E-state index in [1.54, 1.807) is 19.9 Å². The minimum atomic E-state index is -4.47. The van der Waals surface area contributed by atoms with Gasteiger partial charge in [0.15, 0.2) is 0 Å². The van der Waals surface area contributed by atoms with Crippen LogP contribution in [0.15, 0.2) is 48.5 Å². The topological polar surface area (TPSA) is 111 Å². The Morgan fingerprint density at radius 3 is 2.41 bits per heavy atom. The molecule has 1 heterocycles. The molecule has 3 atom stereocenters. The summed E-state index contributed by atoms with van der Waals surface area (Å²) >= 11 is 0. The Bertz CT molecular complexity index is 1240. The summed E-state index contributed by atoms with van der Waals surface area (Å²) in [4.78, 5) is 12.5. The second kappa shape index (κ2) is 10.0. The summed E-state index contributed by atoms with van der Waals surface area (Å²) in [5.74, 6) is -0.764. The van der Waals surface area contributed by atoms with Gasteiger partial charge in [-0.3, -0.25) is 4.79 Å². The number of nitrogens with one attached hydrogen (secondary N) is 2. The maximum absolute atomic E-state index is 13.3. The number of rotatable bonds is 9. The maximum atomic E-state index is 13.3. The molecule has 1 saturated carbocycles. The molecule has 4 N–H and O–H groups in total. The van der Waals surface area contributed by atoms with E-state index in [0.717, 1.165) is 17.7 Å². The van der Waals surface area contributed by atoms with Crippen LogP contribution in [0.1, 0.15) is 61.0 Å². The predicted molar refractivity (Wildman–Crippen MR) is 133 cm³/mol. The third-order valence-electron chi connectivity index (χ3n) is 7.28. The van der Waals surface area contributed by atoms with Crippen LogP contribution in [0.5, 0.6) is 0 Å². The fraction of sp³-hybridized carbons (Fsp3) is 0.500. The van der Waals surface area contributed by atoms with Crippen molar-refractivity contribution in [1.82, 2.24) is 10.0 Å². The summed E-state index contributed by atoms with van der Waals surface area (Å²) in [6.07, 6.45) is -3.58. The molecule has 7 nitrogen and oxygen atoms in total. The molecule has 37 heavy (non-hydrogen) atoms. The molecule has 1 saturated heterocycles. The van der Waals surface area contributed by atoms with Gasteiger partial charge in [-0.15, -0.1) is 0 Å². The number of carbonyl (C=O) groups excluding carboxylic acids is 1. The van der Waals surface area contributed by atoms with Crippen molar-refractivity contribution in [2.24, 2.45) is 5.73 Å². The molecule has 1 aliphatic carbocycles. The highest BCUT2D eigenvalue weighted by atomic mass is 32.2. The zero-order chi connectivity index (χ0) is 27.1. The van der Waals surface area contributed by atoms with E-state index in [-0.39, 0.29) is 19.6 Å². The Balaban J connectivity index is 1.57. The number of benzene rings is 2. The number of ether oxygens (including phenoxy) is 1. The van der Waals surface area contributed by atoms with Crippen LogP contribution < -0.4 is 15.8 Å². The van der Waals surface area contributed by atoms with Gasteiger partial charge >= 0.3 is 6.18 Å². The number of sulfonamides is 1. The first-order valence-corrected chi connectivity index (χ1v) is 13.7. The van der Waals surface area contributed by atoms with E-state index in [1.165, 1.54) is 0 Å². The summed E-state index contributed by atoms with van der Waals surface area (Å²) < 4.78 is 74.0. The number of nitrogens with two attached hydrogens (primary N) is 1. The molecule has 1 amide bonds. The smallest absolute Gasteiger partial charge is 0.372 e. The Labute approximate surface area is 215 Å². The molecule has 2 aromatic rings. The van der Waals surface area contributed by atoms with Crippen molar-refractivity contribution in [3.05, 3.63) is 70.8 Å². The van der Waals surface area contributed by atoms with Gasteiger partial charge in [0.2, 0.25) is 15.9 Å². The Morgan fingerprint density at radius 1 is 1.19 bits per heavy atom. The molecule has 2 aromatic carbocycles. The first-order chi connectivity index (χ1) is 17.3. The first-order valence-electron chi connectivity index (χ1n) is 12.2. The molecule has 1 aliphatic heterocycles. The van der Waals surface area contributed by atoms with Gasteiger partial charge in [0.05, 0.1) is 29.1 Å². The number of primary amides is 1. The van der Waals surface area contributed by atoms with Crippen LogP contribution in [0.25, 0.3) is 0 Å². The van der Waals surface area contributed by atoms with Crippen molar-refractivity contribution in [2.45, 2.75) is 68.1 Å². The standard InChI is InChI=1S/C26H32F3N3O4S/c1-17-12-19(14-21(13-17)26(27,28)29)18(2)36-16-25(20-6-4-3-5-7-20)11-10-24(15-31-25,23(30)33)32-37(34,35)22-8-9-22/h3-7,12-14,18,22,31-32H,8-11,15-16H2,1-2H3,(H2,30,33)/t18-,24+,25-/m1/s1. The van der Waals surface area contributed by atoms with E-state index in [4.69, 9.17) is 10.5 Å². The average molecular weight is 540 g/mol. The van der Waals surface area contributed by atoms with Gasteiger partial charge < -0.3 is 15.8 Å². The van der Waals surface area contributed by atoms with E-state index in [2.05, 4.69) is 10.0 Å². The number of piperidine rings is 1. The summed E-state index contributed by atoms with van der Waals surface area (Å²) in [7, 11) is -3.69. The van der Waals surface area contributed by atoms with Crippen LogP contribution in [0.4, 0.5) is 13.2 Å². The van der Waals surface area contributed by atoms with Crippen LogP contribution in [-0.2, 0) is 31.3 Å². The lowest BCUT2D eigenvalue weighted by molar-refractivity contribution is -0.137. The Kier molecular flexibility index (Phi) is 7.46. The molecule has 0 radical (unpaired) electrons. The summed E-state index contributed by atoms with van der Waals surface area (Å²) in [5.41, 5.74) is 4.39. The van der Waals surface area contributed by atoms with Crippen molar-refractivity contribution in [2.75, 3.05) is 13.2 Å². The number of halogens is 3. The van der Waals surface area contributed by atoms with Crippen molar-refractivity contribution < 1.29 is 31.1 Å². The molecule has 4 rings (SSSR count). The molecule has 0 spiro atoms. The maximum Gasteiger partial charge on any atom is 0.416 e. The predicted octanol–water partition coefficient (Wildman–Crippen LogP) is 3.68. The third kappa shape index (κ3) is 6.00. The number of hydrogen-bond donors (Lipinski definition) is 3. The van der Waals surface area contributed by atoms with Gasteiger partial charge in [-0.2, -0.15) is 17.9 Å². The average Bonchev–Trinajstić information content (AvgIpc) is 3.69. The van der Waals surface area contributed by atoms with Gasteiger partial charge in [-0.05, 0) is 62.8 Å². The molecular weight excluding hydrogens is 507 g/mol. The number of alkyl halides is 3. The van der Waals surface area contributed by atoms with Crippen LogP contribution >= 0.6 is 0 Å². The van der Waals surface area contributed by atoms with Gasteiger partial charge in [0.25, 0.3) is 0 Å². The first kappa shape index (κ1) is 27.6. The summed E-state index contributed by atoms with van der Waals surface area (Å²) in [6, 6.07) is 13.2. The van der Waals surface area contributed by atoms with Crippen LogP contribution in [0.2, 0.25) is 0 Å². The lowest BCUT2D eigenvalue weighted by Gasteiger charge is -2.46. The second-order valence-corrected chi connectivity index (χ2v) is 12.1. The van der Waals surface area contributed by atoms with Crippen LogP contribution in [0, 0.1) is 6.92 Å². The van der Waals surface area contributed by atoms with Crippen molar-refractivity contribution in [1.29, 1.82) is 0 Å². The molecule has 11 heteroatoms. The largest absolute Gasteiger partial charge is 0.416 e. The monoisotopic (exact) mass is 539 g/mol. The van der Waals surface area contributed by atoms with E-state index in [1.807, 2.05) is 30.3 Å². The SMILES string of the molecule is Cc1cc([C@@H](C)OC[C@@]2(c3ccccc3)CC[C@@](NS(=O)(=O)C3CC3)(C(N)=O)CN2)cc(C(F)(F)F)c1. The highest BCUT2D eigenvalue weighted by Crippen LogP contribution is 2.38. The molecule has 2 aliphatic rings. The van der Waals surface area contributed by atoms with Crippen LogP contribution in [-0.4, -0.2) is 38.3 Å². The zero-order valence-electron chi connectivity index (χ0n) is 20.8. The molecule has 0 unspecified atom stereocenters. The number of hydrogen-bond acceptors (Lipinski definition) is 5. The minimum Gasteiger partial charge on any atom is -0.372 e. The molecule has 0 bridgehead atoms. The lowest BCUT2D eigenvalue weighted by Crippen LogP contribution is -2.69. The number of amides is 1. The van der Waals surface area contributed by atoms with E-state index >= 15 is 0 Å². The van der Waals surface area contributed by atoms with Crippen molar-refractivity contribution in [3.63, 3.8) is 0 Å². The Morgan fingerprint density at radius 2 is 1.86 bits per heavy atom. The zero-order valence-corrected chi connectivity index (χ0v) is 21.6. The second-order valence-electron chi connectivity index (χ2n) is 10.2. The molecule has 0 aromatic heterocycles. The number of carbonyl (C=O) groups is 1. The fourth-order valence-electron chi connectivity index (χ4n) is 4.79. The van der Waals surface area contributed by atoms with Gasteiger partial charge in [0.1, 0.15) is 5.54 Å². The highest BCUT2D eigenvalue weighted by molar-refractivity contribution is 7.90. The summed E-state index contributed by atoms with van der Waals surface area (Å²) in [6.45, 7) is 3.32. The molecule has 2 fully saturated rings. The highest BCUT2D eigenvalue weighted by Gasteiger charge is 2.51. The van der Waals surface area contributed by atoms with Gasteiger partial charge in [-0.1, -0.05) is 42.0 Å². The normalized spacial score (nSPS) is 25.5. The number of aryl methyl sites for hydroxylation is 1.